The summed E-state index contributed by atoms with van der Waals surface area (Å²) in [6.45, 7) is 2.68. The first-order valence-electron chi connectivity index (χ1n) is 6.83. The van der Waals surface area contributed by atoms with Gasteiger partial charge < -0.3 is 10.6 Å². The Labute approximate surface area is 114 Å². The molecule has 1 amide bonds. The number of rotatable bonds is 7. The molecular formula is C11H22N4O3S. The van der Waals surface area contributed by atoms with Gasteiger partial charge in [-0.3, -0.25) is 4.79 Å². The second-order valence-electron chi connectivity index (χ2n) is 4.99. The topological polar surface area (TPSA) is 90.5 Å². The number of nitrogens with one attached hydrogen (secondary N) is 3. The molecule has 1 saturated heterocycles. The lowest BCUT2D eigenvalue weighted by molar-refractivity contribution is -0.121. The lowest BCUT2D eigenvalue weighted by Gasteiger charge is -2.26. The van der Waals surface area contributed by atoms with Crippen LogP contribution in [0.1, 0.15) is 25.7 Å². The Morgan fingerprint density at radius 1 is 1.26 bits per heavy atom. The molecule has 0 aromatic heterocycles. The van der Waals surface area contributed by atoms with Gasteiger partial charge in [0.25, 0.3) is 10.2 Å². The van der Waals surface area contributed by atoms with Crippen LogP contribution < -0.4 is 15.4 Å². The van der Waals surface area contributed by atoms with Gasteiger partial charge in [0.2, 0.25) is 5.91 Å². The fraction of sp³-hybridized carbons (Fsp3) is 0.909. The summed E-state index contributed by atoms with van der Waals surface area (Å²) < 4.78 is 27.8. The van der Waals surface area contributed by atoms with Crippen LogP contribution in [0.15, 0.2) is 0 Å². The standard InChI is InChI=1S/C11H22N4O3S/c16-11(14-10-3-4-10)2-1-5-13-19(17,18)15-8-6-12-7-9-15/h10,12-13H,1-9H2,(H,14,16). The molecule has 3 N–H and O–H groups in total. The molecule has 0 unspecified atom stereocenters. The van der Waals surface area contributed by atoms with Crippen molar-refractivity contribution in [2.75, 3.05) is 32.7 Å². The van der Waals surface area contributed by atoms with E-state index in [1.165, 1.54) is 4.31 Å². The third-order valence-corrected chi connectivity index (χ3v) is 4.84. The number of carbonyl (C=O) groups excluding carboxylic acids is 1. The van der Waals surface area contributed by atoms with E-state index in [4.69, 9.17) is 0 Å². The third-order valence-electron chi connectivity index (χ3n) is 3.22. The molecule has 2 fully saturated rings. The maximum Gasteiger partial charge on any atom is 0.279 e. The van der Waals surface area contributed by atoms with E-state index in [0.717, 1.165) is 12.8 Å². The molecule has 2 rings (SSSR count). The van der Waals surface area contributed by atoms with Crippen molar-refractivity contribution in [3.8, 4) is 0 Å². The smallest absolute Gasteiger partial charge is 0.279 e. The molecule has 0 aromatic carbocycles. The molecule has 0 bridgehead atoms. The zero-order valence-corrected chi connectivity index (χ0v) is 11.8. The molecule has 2 aliphatic rings. The molecule has 0 radical (unpaired) electrons. The van der Waals surface area contributed by atoms with Gasteiger partial charge in [-0.05, 0) is 19.3 Å². The zero-order chi connectivity index (χ0) is 13.7. The fourth-order valence-corrected chi connectivity index (χ4v) is 3.20. The quantitative estimate of drug-likeness (QED) is 0.513. The zero-order valence-electron chi connectivity index (χ0n) is 11.0. The highest BCUT2D eigenvalue weighted by atomic mass is 32.2. The summed E-state index contributed by atoms with van der Waals surface area (Å²) in [5.41, 5.74) is 0. The van der Waals surface area contributed by atoms with Gasteiger partial charge in [-0.1, -0.05) is 0 Å². The maximum atomic E-state index is 11.9. The molecule has 1 saturated carbocycles. The lowest BCUT2D eigenvalue weighted by Crippen LogP contribution is -2.50. The number of amides is 1. The van der Waals surface area contributed by atoms with E-state index in [1.54, 1.807) is 0 Å². The van der Waals surface area contributed by atoms with E-state index < -0.39 is 10.2 Å². The summed E-state index contributed by atoms with van der Waals surface area (Å²) in [4.78, 5) is 11.4. The van der Waals surface area contributed by atoms with E-state index in [-0.39, 0.29) is 5.91 Å². The van der Waals surface area contributed by atoms with Crippen LogP contribution in [-0.2, 0) is 15.0 Å². The Kier molecular flexibility index (Phi) is 5.14. The lowest BCUT2D eigenvalue weighted by atomic mass is 10.3. The number of nitrogens with zero attached hydrogens (tertiary/aromatic N) is 1. The Bertz CT molecular complexity index is 402. The number of hydrogen-bond donors (Lipinski definition) is 3. The Morgan fingerprint density at radius 3 is 2.58 bits per heavy atom. The minimum absolute atomic E-state index is 0.0175. The molecule has 8 heteroatoms. The summed E-state index contributed by atoms with van der Waals surface area (Å²) >= 11 is 0. The molecule has 0 aromatic rings. The largest absolute Gasteiger partial charge is 0.353 e. The van der Waals surface area contributed by atoms with Crippen molar-refractivity contribution in [1.29, 1.82) is 0 Å². The summed E-state index contributed by atoms with van der Waals surface area (Å²) in [5, 5.41) is 5.99. The maximum absolute atomic E-state index is 11.9. The van der Waals surface area contributed by atoms with Gasteiger partial charge in [0, 0.05) is 45.2 Å². The number of hydrogen-bond acceptors (Lipinski definition) is 4. The molecule has 1 heterocycles. The van der Waals surface area contributed by atoms with Crippen LogP contribution in [0.25, 0.3) is 0 Å². The number of carbonyl (C=O) groups is 1. The van der Waals surface area contributed by atoms with E-state index in [0.29, 0.717) is 51.6 Å². The Balaban J connectivity index is 1.61. The second-order valence-corrected chi connectivity index (χ2v) is 6.75. The van der Waals surface area contributed by atoms with Crippen LogP contribution in [0.5, 0.6) is 0 Å². The minimum Gasteiger partial charge on any atom is -0.353 e. The molecule has 0 atom stereocenters. The van der Waals surface area contributed by atoms with Crippen LogP contribution in [0.4, 0.5) is 0 Å². The highest BCUT2D eigenvalue weighted by molar-refractivity contribution is 7.87. The van der Waals surface area contributed by atoms with Crippen molar-refractivity contribution in [1.82, 2.24) is 19.7 Å². The van der Waals surface area contributed by atoms with Gasteiger partial charge in [-0.25, -0.2) is 4.72 Å². The Morgan fingerprint density at radius 2 is 1.95 bits per heavy atom. The van der Waals surface area contributed by atoms with E-state index in [9.17, 15) is 13.2 Å². The summed E-state index contributed by atoms with van der Waals surface area (Å²) in [7, 11) is -3.38. The van der Waals surface area contributed by atoms with Crippen LogP contribution in [0.2, 0.25) is 0 Å². The molecule has 1 aliphatic carbocycles. The normalized spacial score (nSPS) is 21.3. The van der Waals surface area contributed by atoms with Gasteiger partial charge in [0.05, 0.1) is 0 Å². The van der Waals surface area contributed by atoms with Crippen molar-refractivity contribution < 1.29 is 13.2 Å². The van der Waals surface area contributed by atoms with Crippen molar-refractivity contribution in [3.63, 3.8) is 0 Å². The summed E-state index contributed by atoms with van der Waals surface area (Å²) in [6, 6.07) is 0.366. The summed E-state index contributed by atoms with van der Waals surface area (Å²) in [6.07, 6.45) is 3.05. The monoisotopic (exact) mass is 290 g/mol. The van der Waals surface area contributed by atoms with Gasteiger partial charge in [-0.2, -0.15) is 12.7 Å². The highest BCUT2D eigenvalue weighted by Crippen LogP contribution is 2.18. The van der Waals surface area contributed by atoms with Gasteiger partial charge in [-0.15, -0.1) is 0 Å². The van der Waals surface area contributed by atoms with Crippen LogP contribution in [0.3, 0.4) is 0 Å². The first-order valence-corrected chi connectivity index (χ1v) is 8.27. The van der Waals surface area contributed by atoms with Gasteiger partial charge >= 0.3 is 0 Å². The van der Waals surface area contributed by atoms with Crippen LogP contribution in [0, 0.1) is 0 Å². The first-order chi connectivity index (χ1) is 9.08. The minimum atomic E-state index is -3.38. The molecule has 110 valence electrons. The van der Waals surface area contributed by atoms with Crippen molar-refractivity contribution in [2.45, 2.75) is 31.7 Å². The molecular weight excluding hydrogens is 268 g/mol. The number of piperazine rings is 1. The van der Waals surface area contributed by atoms with E-state index in [2.05, 4.69) is 15.4 Å². The predicted molar refractivity (Wildman–Crippen MR) is 71.8 cm³/mol. The fourth-order valence-electron chi connectivity index (χ4n) is 1.95. The average molecular weight is 290 g/mol. The second kappa shape index (κ2) is 6.65. The third kappa shape index (κ3) is 5.06. The van der Waals surface area contributed by atoms with Crippen molar-refractivity contribution in [2.24, 2.45) is 0 Å². The van der Waals surface area contributed by atoms with Gasteiger partial charge in [0.1, 0.15) is 0 Å². The molecule has 1 aliphatic heterocycles. The first kappa shape index (κ1) is 14.7. The molecule has 7 nitrogen and oxygen atoms in total. The SMILES string of the molecule is O=C(CCCNS(=O)(=O)N1CCNCC1)NC1CC1. The molecule has 19 heavy (non-hydrogen) atoms. The Hall–Kier alpha value is -0.700. The summed E-state index contributed by atoms with van der Waals surface area (Å²) in [5.74, 6) is 0.0175. The van der Waals surface area contributed by atoms with E-state index >= 15 is 0 Å². The highest BCUT2D eigenvalue weighted by Gasteiger charge is 2.24. The molecule has 0 spiro atoms. The average Bonchev–Trinajstić information content (AvgIpc) is 3.20. The van der Waals surface area contributed by atoms with Crippen LogP contribution >= 0.6 is 0 Å². The predicted octanol–water partition coefficient (Wildman–Crippen LogP) is -1.22. The van der Waals surface area contributed by atoms with Gasteiger partial charge in [0.15, 0.2) is 0 Å². The van der Waals surface area contributed by atoms with Crippen molar-refractivity contribution >= 4 is 16.1 Å². The van der Waals surface area contributed by atoms with Crippen molar-refractivity contribution in [3.05, 3.63) is 0 Å². The van der Waals surface area contributed by atoms with E-state index in [1.807, 2.05) is 0 Å². The van der Waals surface area contributed by atoms with Crippen LogP contribution in [-0.4, -0.2) is 57.4 Å².